The van der Waals surface area contributed by atoms with Gasteiger partial charge in [0.1, 0.15) is 5.78 Å². The third kappa shape index (κ3) is 3.06. The fourth-order valence-electron chi connectivity index (χ4n) is 3.13. The lowest BCUT2D eigenvalue weighted by Crippen LogP contribution is -2.16. The predicted octanol–water partition coefficient (Wildman–Crippen LogP) is 4.32. The zero-order valence-electron chi connectivity index (χ0n) is 11.8. The third-order valence-corrected chi connectivity index (χ3v) is 4.32. The Kier molecular flexibility index (Phi) is 4.10. The molecule has 3 rings (SSSR count). The number of rotatable bonds is 3. The predicted molar refractivity (Wildman–Crippen MR) is 81.6 cm³/mol. The smallest absolute Gasteiger partial charge is 0.141 e. The van der Waals surface area contributed by atoms with E-state index in [1.165, 1.54) is 25.7 Å². The van der Waals surface area contributed by atoms with Gasteiger partial charge in [0.05, 0.1) is 5.52 Å². The second kappa shape index (κ2) is 6.17. The van der Waals surface area contributed by atoms with Crippen molar-refractivity contribution in [2.75, 3.05) is 0 Å². The molecule has 0 amide bonds. The number of carbonyl (C=O) groups excluding carboxylic acids is 1. The quantitative estimate of drug-likeness (QED) is 0.775. The van der Waals surface area contributed by atoms with E-state index < -0.39 is 0 Å². The molecule has 2 nitrogen and oxygen atoms in total. The first-order valence-corrected chi connectivity index (χ1v) is 7.70. The van der Waals surface area contributed by atoms with Gasteiger partial charge < -0.3 is 0 Å². The molecule has 1 fully saturated rings. The number of Topliss-reactive ketones (excluding diaryl/α,β-unsaturated/α-hetero) is 1. The van der Waals surface area contributed by atoms with Crippen LogP contribution in [0.3, 0.4) is 0 Å². The summed E-state index contributed by atoms with van der Waals surface area (Å²) < 4.78 is 0. The molecule has 2 aromatic rings. The molecule has 1 aromatic carbocycles. The van der Waals surface area contributed by atoms with Crippen LogP contribution in [-0.4, -0.2) is 10.8 Å². The van der Waals surface area contributed by atoms with E-state index in [2.05, 4.69) is 17.1 Å². The molecule has 104 valence electrons. The van der Waals surface area contributed by atoms with Crippen LogP contribution >= 0.6 is 0 Å². The van der Waals surface area contributed by atoms with Gasteiger partial charge in [-0.25, -0.2) is 0 Å². The summed E-state index contributed by atoms with van der Waals surface area (Å²) in [5.41, 5.74) is 1.90. The topological polar surface area (TPSA) is 30.0 Å². The van der Waals surface area contributed by atoms with Crippen molar-refractivity contribution in [2.24, 2.45) is 5.92 Å². The highest BCUT2D eigenvalue weighted by Gasteiger charge is 2.20. The molecule has 1 aliphatic rings. The lowest BCUT2D eigenvalue weighted by Gasteiger charge is -2.12. The fourth-order valence-corrected chi connectivity index (χ4v) is 3.13. The van der Waals surface area contributed by atoms with Crippen LogP contribution in [0.25, 0.3) is 10.9 Å². The normalized spacial score (nSPS) is 17.0. The summed E-state index contributed by atoms with van der Waals surface area (Å²) in [6, 6.07) is 12.1. The minimum Gasteiger partial charge on any atom is -0.299 e. The van der Waals surface area contributed by atoms with Crippen LogP contribution in [-0.2, 0) is 11.2 Å². The molecule has 20 heavy (non-hydrogen) atoms. The van der Waals surface area contributed by atoms with Crippen molar-refractivity contribution in [3.8, 4) is 0 Å². The van der Waals surface area contributed by atoms with Crippen LogP contribution in [0.1, 0.15) is 44.2 Å². The van der Waals surface area contributed by atoms with Crippen LogP contribution < -0.4 is 0 Å². The second-order valence-electron chi connectivity index (χ2n) is 5.83. The number of fused-ring (bicyclic) bond motifs is 1. The van der Waals surface area contributed by atoms with Crippen molar-refractivity contribution in [2.45, 2.75) is 44.9 Å². The van der Waals surface area contributed by atoms with Gasteiger partial charge in [0, 0.05) is 23.4 Å². The van der Waals surface area contributed by atoms with Gasteiger partial charge in [0.2, 0.25) is 0 Å². The summed E-state index contributed by atoms with van der Waals surface area (Å²) in [5.74, 6) is 0.653. The largest absolute Gasteiger partial charge is 0.299 e. The first-order valence-electron chi connectivity index (χ1n) is 7.70. The maximum atomic E-state index is 12.4. The molecule has 0 atom stereocenters. The Hall–Kier alpha value is -1.70. The van der Waals surface area contributed by atoms with Gasteiger partial charge in [-0.15, -0.1) is 0 Å². The Morgan fingerprint density at radius 2 is 1.75 bits per heavy atom. The Bertz CT molecular complexity index is 597. The van der Waals surface area contributed by atoms with E-state index >= 15 is 0 Å². The summed E-state index contributed by atoms with van der Waals surface area (Å²) in [7, 11) is 0. The summed E-state index contributed by atoms with van der Waals surface area (Å²) >= 11 is 0. The summed E-state index contributed by atoms with van der Waals surface area (Å²) in [5, 5.41) is 1.14. The standard InChI is InChI=1S/C18H21NO/c20-18(15-8-3-1-2-4-9-15)13-16-12-11-14-7-5-6-10-17(14)19-16/h5-7,10-12,15H,1-4,8-9,13H2. The van der Waals surface area contributed by atoms with Crippen LogP contribution in [0.5, 0.6) is 0 Å². The van der Waals surface area contributed by atoms with E-state index in [9.17, 15) is 4.79 Å². The Labute approximate surface area is 120 Å². The van der Waals surface area contributed by atoms with Gasteiger partial charge in [0.25, 0.3) is 0 Å². The number of ketones is 1. The zero-order valence-corrected chi connectivity index (χ0v) is 11.8. The first-order chi connectivity index (χ1) is 9.83. The maximum absolute atomic E-state index is 12.4. The molecule has 2 heteroatoms. The number of carbonyl (C=O) groups is 1. The second-order valence-corrected chi connectivity index (χ2v) is 5.83. The zero-order chi connectivity index (χ0) is 13.8. The monoisotopic (exact) mass is 267 g/mol. The molecule has 0 unspecified atom stereocenters. The molecule has 0 bridgehead atoms. The first kappa shape index (κ1) is 13.3. The number of aromatic nitrogens is 1. The van der Waals surface area contributed by atoms with Crippen molar-refractivity contribution >= 4 is 16.7 Å². The number of nitrogens with zero attached hydrogens (tertiary/aromatic N) is 1. The van der Waals surface area contributed by atoms with Gasteiger partial charge in [-0.2, -0.15) is 0 Å². The van der Waals surface area contributed by atoms with Crippen LogP contribution in [0.2, 0.25) is 0 Å². The van der Waals surface area contributed by atoms with Gasteiger partial charge in [-0.1, -0.05) is 49.9 Å². The molecule has 1 aromatic heterocycles. The molecule has 0 radical (unpaired) electrons. The molecular formula is C18H21NO. The molecule has 1 aliphatic carbocycles. The van der Waals surface area contributed by atoms with Gasteiger partial charge >= 0.3 is 0 Å². The lowest BCUT2D eigenvalue weighted by atomic mass is 9.92. The molecule has 1 heterocycles. The SMILES string of the molecule is O=C(Cc1ccc2ccccc2n1)C1CCCCCC1. The highest BCUT2D eigenvalue weighted by atomic mass is 16.1. The van der Waals surface area contributed by atoms with Crippen molar-refractivity contribution < 1.29 is 4.79 Å². The van der Waals surface area contributed by atoms with Crippen molar-refractivity contribution in [3.63, 3.8) is 0 Å². The van der Waals surface area contributed by atoms with E-state index in [-0.39, 0.29) is 5.92 Å². The average molecular weight is 267 g/mol. The molecule has 0 aliphatic heterocycles. The van der Waals surface area contributed by atoms with Crippen LogP contribution in [0, 0.1) is 5.92 Å². The summed E-state index contributed by atoms with van der Waals surface area (Å²) in [6.45, 7) is 0. The summed E-state index contributed by atoms with van der Waals surface area (Å²) in [4.78, 5) is 17.0. The van der Waals surface area contributed by atoms with Gasteiger partial charge in [-0.3, -0.25) is 9.78 Å². The highest BCUT2D eigenvalue weighted by Crippen LogP contribution is 2.24. The van der Waals surface area contributed by atoms with Crippen LogP contribution in [0.15, 0.2) is 36.4 Å². The minimum absolute atomic E-state index is 0.269. The van der Waals surface area contributed by atoms with E-state index in [4.69, 9.17) is 0 Å². The third-order valence-electron chi connectivity index (χ3n) is 4.32. The van der Waals surface area contributed by atoms with Crippen molar-refractivity contribution in [3.05, 3.63) is 42.1 Å². The number of benzene rings is 1. The molecule has 0 N–H and O–H groups in total. The Morgan fingerprint density at radius 1 is 1.00 bits per heavy atom. The van der Waals surface area contributed by atoms with E-state index in [1.807, 2.05) is 24.3 Å². The highest BCUT2D eigenvalue weighted by molar-refractivity contribution is 5.84. The number of para-hydroxylation sites is 1. The van der Waals surface area contributed by atoms with E-state index in [1.54, 1.807) is 0 Å². The number of hydrogen-bond donors (Lipinski definition) is 0. The molecule has 0 saturated heterocycles. The number of hydrogen-bond acceptors (Lipinski definition) is 2. The lowest BCUT2D eigenvalue weighted by molar-refractivity contribution is -0.122. The molecular weight excluding hydrogens is 246 g/mol. The maximum Gasteiger partial charge on any atom is 0.141 e. The fraction of sp³-hybridized carbons (Fsp3) is 0.444. The van der Waals surface area contributed by atoms with Gasteiger partial charge in [-0.05, 0) is 25.0 Å². The Morgan fingerprint density at radius 3 is 2.55 bits per heavy atom. The molecule has 0 spiro atoms. The van der Waals surface area contributed by atoms with E-state index in [0.717, 1.165) is 29.4 Å². The molecule has 1 saturated carbocycles. The van der Waals surface area contributed by atoms with Crippen molar-refractivity contribution in [1.82, 2.24) is 4.98 Å². The number of pyridine rings is 1. The van der Waals surface area contributed by atoms with Gasteiger partial charge in [0.15, 0.2) is 0 Å². The van der Waals surface area contributed by atoms with E-state index in [0.29, 0.717) is 12.2 Å². The summed E-state index contributed by atoms with van der Waals surface area (Å²) in [6.07, 6.45) is 7.65. The minimum atomic E-state index is 0.269. The average Bonchev–Trinajstić information content (AvgIpc) is 2.76. The van der Waals surface area contributed by atoms with Crippen molar-refractivity contribution in [1.29, 1.82) is 0 Å². The van der Waals surface area contributed by atoms with Crippen LogP contribution in [0.4, 0.5) is 0 Å². The Balaban J connectivity index is 1.73.